The van der Waals surface area contributed by atoms with Crippen LogP contribution in [-0.4, -0.2) is 54.7 Å². The van der Waals surface area contributed by atoms with Crippen molar-refractivity contribution >= 4 is 18.0 Å². The summed E-state index contributed by atoms with van der Waals surface area (Å²) in [5, 5.41) is 12.1. The van der Waals surface area contributed by atoms with Crippen LogP contribution in [0.5, 0.6) is 0 Å². The molecule has 1 atom stereocenters. The third-order valence-corrected chi connectivity index (χ3v) is 5.95. The molecule has 1 aliphatic carbocycles. The predicted octanol–water partition coefficient (Wildman–Crippen LogP) is 3.92. The van der Waals surface area contributed by atoms with Crippen LogP contribution < -0.4 is 5.32 Å². The van der Waals surface area contributed by atoms with Gasteiger partial charge in [0.05, 0.1) is 0 Å². The van der Waals surface area contributed by atoms with E-state index < -0.39 is 18.1 Å². The molecule has 7 heteroatoms. The van der Waals surface area contributed by atoms with Crippen molar-refractivity contribution in [3.63, 3.8) is 0 Å². The van der Waals surface area contributed by atoms with E-state index in [-0.39, 0.29) is 24.9 Å². The summed E-state index contributed by atoms with van der Waals surface area (Å²) < 4.78 is 5.48. The molecular weight excluding hydrogens is 432 g/mol. The fraction of sp³-hybridized carbons (Fsp3) is 0.222. The van der Waals surface area contributed by atoms with Crippen LogP contribution in [0.2, 0.25) is 0 Å². The number of benzene rings is 3. The molecule has 1 aliphatic rings. The number of hydrogen-bond acceptors (Lipinski definition) is 4. The molecule has 2 N–H and O–H groups in total. The Labute approximate surface area is 198 Å². The normalized spacial score (nSPS) is 12.9. The number of carbonyl (C=O) groups is 3. The number of nitrogens with one attached hydrogen (secondary N) is 1. The molecule has 0 bridgehead atoms. The van der Waals surface area contributed by atoms with E-state index >= 15 is 0 Å². The van der Waals surface area contributed by atoms with E-state index in [1.807, 2.05) is 48.5 Å². The first-order valence-corrected chi connectivity index (χ1v) is 11.0. The number of carboxylic acid groups (broad SMARTS) is 1. The molecule has 4 rings (SSSR count). The molecule has 2 amide bonds. The topological polar surface area (TPSA) is 95.9 Å². The molecular formula is C27H26N2O5. The number of nitrogens with zero attached hydrogens (tertiary/aromatic N) is 1. The quantitative estimate of drug-likeness (QED) is 0.560. The largest absolute Gasteiger partial charge is 0.480 e. The smallest absolute Gasteiger partial charge is 0.407 e. The van der Waals surface area contributed by atoms with E-state index in [1.165, 1.54) is 4.90 Å². The Kier molecular flexibility index (Phi) is 6.63. The lowest BCUT2D eigenvalue weighted by atomic mass is 9.98. The number of rotatable bonds is 7. The first kappa shape index (κ1) is 23.0. The molecule has 0 saturated carbocycles. The van der Waals surface area contributed by atoms with E-state index in [9.17, 15) is 19.5 Å². The third kappa shape index (κ3) is 4.78. The zero-order chi connectivity index (χ0) is 24.2. The summed E-state index contributed by atoms with van der Waals surface area (Å²) in [5.74, 6) is -1.48. The van der Waals surface area contributed by atoms with Crippen LogP contribution in [0.15, 0.2) is 72.8 Å². The minimum Gasteiger partial charge on any atom is -0.480 e. The van der Waals surface area contributed by atoms with Gasteiger partial charge in [0.25, 0.3) is 5.91 Å². The van der Waals surface area contributed by atoms with Crippen molar-refractivity contribution < 1.29 is 24.2 Å². The van der Waals surface area contributed by atoms with Gasteiger partial charge in [-0.25, -0.2) is 9.59 Å². The highest BCUT2D eigenvalue weighted by atomic mass is 16.5. The average molecular weight is 459 g/mol. The Bertz CT molecular complexity index is 1190. The van der Waals surface area contributed by atoms with Crippen LogP contribution in [0, 0.1) is 0 Å². The molecule has 0 saturated heterocycles. The van der Waals surface area contributed by atoms with E-state index in [0.717, 1.165) is 22.3 Å². The zero-order valence-electron chi connectivity index (χ0n) is 19.0. The van der Waals surface area contributed by atoms with Gasteiger partial charge in [-0.1, -0.05) is 60.7 Å². The number of alkyl carbamates (subject to hydrolysis) is 1. The predicted molar refractivity (Wildman–Crippen MR) is 128 cm³/mol. The van der Waals surface area contributed by atoms with Crippen LogP contribution in [0.3, 0.4) is 0 Å². The van der Waals surface area contributed by atoms with Crippen molar-refractivity contribution in [2.75, 3.05) is 20.7 Å². The zero-order valence-corrected chi connectivity index (χ0v) is 19.0. The molecule has 0 aromatic heterocycles. The molecule has 34 heavy (non-hydrogen) atoms. The monoisotopic (exact) mass is 458 g/mol. The average Bonchev–Trinajstić information content (AvgIpc) is 3.15. The molecule has 7 nitrogen and oxygen atoms in total. The lowest BCUT2D eigenvalue weighted by molar-refractivity contribution is -0.139. The number of carboxylic acids is 1. The Morgan fingerprint density at radius 1 is 0.941 bits per heavy atom. The summed E-state index contributed by atoms with van der Waals surface area (Å²) >= 11 is 0. The second-order valence-electron chi connectivity index (χ2n) is 8.46. The molecule has 0 aliphatic heterocycles. The fourth-order valence-electron chi connectivity index (χ4n) is 4.31. The summed E-state index contributed by atoms with van der Waals surface area (Å²) in [4.78, 5) is 38.0. The van der Waals surface area contributed by atoms with Gasteiger partial charge >= 0.3 is 12.1 Å². The minimum atomic E-state index is -1.19. The van der Waals surface area contributed by atoms with Gasteiger partial charge in [0.1, 0.15) is 12.6 Å². The SMILES string of the molecule is CN(C)C(=O)c1cccc(C[C@H](NC(=O)OCC2c3ccccc3-c3ccccc32)C(=O)O)c1. The second kappa shape index (κ2) is 9.79. The lowest BCUT2D eigenvalue weighted by Crippen LogP contribution is -2.43. The van der Waals surface area contributed by atoms with Crippen LogP contribution in [0.25, 0.3) is 11.1 Å². The highest BCUT2D eigenvalue weighted by Gasteiger charge is 2.29. The van der Waals surface area contributed by atoms with Gasteiger partial charge < -0.3 is 20.1 Å². The van der Waals surface area contributed by atoms with Gasteiger partial charge in [-0.3, -0.25) is 4.79 Å². The number of fused-ring (bicyclic) bond motifs is 3. The van der Waals surface area contributed by atoms with Crippen LogP contribution in [-0.2, 0) is 16.0 Å². The van der Waals surface area contributed by atoms with Gasteiger partial charge in [0.15, 0.2) is 0 Å². The first-order valence-electron chi connectivity index (χ1n) is 11.0. The molecule has 0 fully saturated rings. The van der Waals surface area contributed by atoms with Gasteiger partial charge in [-0.2, -0.15) is 0 Å². The van der Waals surface area contributed by atoms with Gasteiger partial charge in [-0.05, 0) is 39.9 Å². The van der Waals surface area contributed by atoms with Crippen LogP contribution in [0.1, 0.15) is 33.0 Å². The lowest BCUT2D eigenvalue weighted by Gasteiger charge is -2.18. The maximum Gasteiger partial charge on any atom is 0.407 e. The van der Waals surface area contributed by atoms with E-state index in [0.29, 0.717) is 11.1 Å². The number of ether oxygens (including phenoxy) is 1. The number of amides is 2. The van der Waals surface area contributed by atoms with Gasteiger partial charge in [0.2, 0.25) is 0 Å². The number of carbonyl (C=O) groups excluding carboxylic acids is 2. The Balaban J connectivity index is 1.42. The maximum atomic E-state index is 12.5. The number of hydrogen-bond donors (Lipinski definition) is 2. The fourth-order valence-corrected chi connectivity index (χ4v) is 4.31. The highest BCUT2D eigenvalue weighted by Crippen LogP contribution is 2.44. The third-order valence-electron chi connectivity index (χ3n) is 5.95. The summed E-state index contributed by atoms with van der Waals surface area (Å²) in [6, 6.07) is 21.5. The van der Waals surface area contributed by atoms with Crippen molar-refractivity contribution in [2.45, 2.75) is 18.4 Å². The second-order valence-corrected chi connectivity index (χ2v) is 8.46. The van der Waals surface area contributed by atoms with Crippen molar-refractivity contribution in [2.24, 2.45) is 0 Å². The standard InChI is InChI=1S/C27H26N2O5/c1-29(2)25(30)18-9-7-8-17(14-18)15-24(26(31)32)28-27(33)34-16-23-21-12-5-3-10-19(21)20-11-4-6-13-22(20)23/h3-14,23-24H,15-16H2,1-2H3,(H,28,33)(H,31,32)/t24-/m0/s1. The molecule has 0 spiro atoms. The van der Waals surface area contributed by atoms with Crippen LogP contribution >= 0.6 is 0 Å². The number of aliphatic carboxylic acids is 1. The summed E-state index contributed by atoms with van der Waals surface area (Å²) in [5.41, 5.74) is 5.46. The molecule has 0 heterocycles. The van der Waals surface area contributed by atoms with Crippen molar-refractivity contribution in [1.82, 2.24) is 10.2 Å². The van der Waals surface area contributed by atoms with E-state index in [2.05, 4.69) is 5.32 Å². The van der Waals surface area contributed by atoms with E-state index in [1.54, 1.807) is 38.4 Å². The molecule has 174 valence electrons. The Morgan fingerprint density at radius 3 is 2.15 bits per heavy atom. The highest BCUT2D eigenvalue weighted by molar-refractivity contribution is 5.94. The molecule has 0 radical (unpaired) electrons. The van der Waals surface area contributed by atoms with Crippen LogP contribution in [0.4, 0.5) is 4.79 Å². The first-order chi connectivity index (χ1) is 16.3. The summed E-state index contributed by atoms with van der Waals surface area (Å²) in [6.07, 6.45) is -0.775. The molecule has 3 aromatic carbocycles. The van der Waals surface area contributed by atoms with E-state index in [4.69, 9.17) is 4.74 Å². The van der Waals surface area contributed by atoms with Crippen molar-refractivity contribution in [3.8, 4) is 11.1 Å². The summed E-state index contributed by atoms with van der Waals surface area (Å²) in [7, 11) is 3.29. The van der Waals surface area contributed by atoms with Gasteiger partial charge in [0, 0.05) is 32.0 Å². The molecule has 3 aromatic rings. The Morgan fingerprint density at radius 2 is 1.56 bits per heavy atom. The summed E-state index contributed by atoms with van der Waals surface area (Å²) in [6.45, 7) is 0.0963. The van der Waals surface area contributed by atoms with Crippen molar-refractivity contribution in [3.05, 3.63) is 95.1 Å². The molecule has 0 unspecified atom stereocenters. The maximum absolute atomic E-state index is 12.5. The minimum absolute atomic E-state index is 0.0219. The van der Waals surface area contributed by atoms with Crippen molar-refractivity contribution in [1.29, 1.82) is 0 Å². The Hall–Kier alpha value is -4.13. The van der Waals surface area contributed by atoms with Gasteiger partial charge in [-0.15, -0.1) is 0 Å².